The van der Waals surface area contributed by atoms with Crippen molar-refractivity contribution in [3.63, 3.8) is 0 Å². The van der Waals surface area contributed by atoms with Crippen molar-refractivity contribution in [1.82, 2.24) is 25.0 Å². The molecule has 3 aliphatic rings. The van der Waals surface area contributed by atoms with Gasteiger partial charge >= 0.3 is 0 Å². The molecule has 0 radical (unpaired) electrons. The Morgan fingerprint density at radius 2 is 1.92 bits per heavy atom. The summed E-state index contributed by atoms with van der Waals surface area (Å²) in [5, 5.41) is 22.8. The van der Waals surface area contributed by atoms with Crippen LogP contribution in [0.3, 0.4) is 0 Å². The zero-order valence-electron chi connectivity index (χ0n) is 21.5. The Balaban J connectivity index is 1.34. The number of thioether (sulfide) groups is 1. The number of anilines is 1. The fourth-order valence-electron chi connectivity index (χ4n) is 5.76. The maximum absolute atomic E-state index is 9.32. The van der Waals surface area contributed by atoms with Gasteiger partial charge in [0.05, 0.1) is 25.4 Å². The number of hydrogen-bond donors (Lipinski definition) is 2. The average molecular weight is 527 g/mol. The lowest BCUT2D eigenvalue weighted by molar-refractivity contribution is -0.171. The van der Waals surface area contributed by atoms with Crippen LogP contribution in [0.1, 0.15) is 50.8 Å². The van der Waals surface area contributed by atoms with Gasteiger partial charge in [-0.25, -0.2) is 14.6 Å². The van der Waals surface area contributed by atoms with Crippen molar-refractivity contribution in [3.05, 3.63) is 35.4 Å². The molecule has 1 saturated heterocycles. The third kappa shape index (κ3) is 4.83. The number of nitrogens with one attached hydrogen (secondary N) is 1. The summed E-state index contributed by atoms with van der Waals surface area (Å²) in [6.45, 7) is 6.18. The molecule has 0 bridgehead atoms. The first-order valence-electron chi connectivity index (χ1n) is 13.1. The predicted octanol–water partition coefficient (Wildman–Crippen LogP) is 3.15. The highest BCUT2D eigenvalue weighted by Gasteiger charge is 2.56. The first kappa shape index (κ1) is 25.0. The zero-order chi connectivity index (χ0) is 25.6. The van der Waals surface area contributed by atoms with Gasteiger partial charge in [0.2, 0.25) is 0 Å². The monoisotopic (exact) mass is 526 g/mol. The molecular weight excluding hydrogens is 492 g/mol. The van der Waals surface area contributed by atoms with Gasteiger partial charge in [0, 0.05) is 18.2 Å². The summed E-state index contributed by atoms with van der Waals surface area (Å²) in [7, 11) is 0. The van der Waals surface area contributed by atoms with Crippen LogP contribution in [0.25, 0.3) is 11.2 Å². The van der Waals surface area contributed by atoms with Crippen LogP contribution in [0.2, 0.25) is 0 Å². The standard InChI is InChI=1S/C26H34N6O4S/c1-4-11-37-25-28-23(27-17-12-15-7-5-6-8-16(15)13-17)20-24(29-25)32(31-30-20)18-14-19(34-10-9-33)22-21(18)35-26(2,3)36-22/h5-8,17-19,21-22,33H,4,9-14H2,1-3H3,(H,27,28,29)/t18-,19+,21+,22-/m1/s1. The molecule has 0 spiro atoms. The van der Waals surface area contributed by atoms with Gasteiger partial charge in [-0.2, -0.15) is 0 Å². The van der Waals surface area contributed by atoms with Crippen molar-refractivity contribution in [2.24, 2.45) is 0 Å². The minimum Gasteiger partial charge on any atom is -0.394 e. The molecule has 4 atom stereocenters. The van der Waals surface area contributed by atoms with E-state index in [9.17, 15) is 5.11 Å². The van der Waals surface area contributed by atoms with Crippen molar-refractivity contribution in [3.8, 4) is 0 Å². The highest BCUT2D eigenvalue weighted by molar-refractivity contribution is 7.99. The maximum atomic E-state index is 9.32. The molecule has 2 aliphatic carbocycles. The molecular formula is C26H34N6O4S. The molecule has 2 N–H and O–H groups in total. The van der Waals surface area contributed by atoms with Crippen molar-refractivity contribution in [1.29, 1.82) is 0 Å². The van der Waals surface area contributed by atoms with Crippen LogP contribution in [0, 0.1) is 0 Å². The van der Waals surface area contributed by atoms with Crippen molar-refractivity contribution < 1.29 is 19.3 Å². The highest BCUT2D eigenvalue weighted by atomic mass is 32.2. The van der Waals surface area contributed by atoms with E-state index in [0.717, 1.165) is 30.8 Å². The summed E-state index contributed by atoms with van der Waals surface area (Å²) in [6, 6.07) is 8.66. The molecule has 2 aromatic heterocycles. The number of benzene rings is 1. The van der Waals surface area contributed by atoms with Crippen LogP contribution in [-0.2, 0) is 27.1 Å². The van der Waals surface area contributed by atoms with Crippen LogP contribution in [0.5, 0.6) is 0 Å². The van der Waals surface area contributed by atoms with E-state index >= 15 is 0 Å². The van der Waals surface area contributed by atoms with Crippen LogP contribution >= 0.6 is 11.8 Å². The minimum atomic E-state index is -0.730. The Morgan fingerprint density at radius 3 is 2.65 bits per heavy atom. The van der Waals surface area contributed by atoms with Gasteiger partial charge in [-0.3, -0.25) is 0 Å². The molecule has 6 rings (SSSR count). The summed E-state index contributed by atoms with van der Waals surface area (Å²) in [4.78, 5) is 9.77. The largest absolute Gasteiger partial charge is 0.394 e. The fourth-order valence-corrected chi connectivity index (χ4v) is 6.45. The summed E-state index contributed by atoms with van der Waals surface area (Å²) in [5.74, 6) is 0.920. The van der Waals surface area contributed by atoms with E-state index in [0.29, 0.717) is 22.7 Å². The lowest BCUT2D eigenvalue weighted by Gasteiger charge is -2.23. The summed E-state index contributed by atoms with van der Waals surface area (Å²) < 4.78 is 20.3. The highest BCUT2D eigenvalue weighted by Crippen LogP contribution is 2.45. The molecule has 3 heterocycles. The summed E-state index contributed by atoms with van der Waals surface area (Å²) in [6.07, 6.45) is 2.83. The van der Waals surface area contributed by atoms with E-state index in [1.54, 1.807) is 11.8 Å². The summed E-state index contributed by atoms with van der Waals surface area (Å²) >= 11 is 1.64. The topological polar surface area (TPSA) is 116 Å². The first-order chi connectivity index (χ1) is 18.0. The van der Waals surface area contributed by atoms with Gasteiger partial charge in [0.15, 0.2) is 27.9 Å². The van der Waals surface area contributed by atoms with Crippen LogP contribution < -0.4 is 5.32 Å². The van der Waals surface area contributed by atoms with Crippen LogP contribution in [0.15, 0.2) is 29.4 Å². The molecule has 0 amide bonds. The molecule has 1 saturated carbocycles. The minimum absolute atomic E-state index is 0.0413. The zero-order valence-corrected chi connectivity index (χ0v) is 22.3. The molecule has 1 aromatic carbocycles. The van der Waals surface area contributed by atoms with Gasteiger partial charge < -0.3 is 24.6 Å². The quantitative estimate of drug-likeness (QED) is 0.318. The van der Waals surface area contributed by atoms with Gasteiger partial charge in [0.25, 0.3) is 0 Å². The normalized spacial score (nSPS) is 26.6. The van der Waals surface area contributed by atoms with E-state index in [1.165, 1.54) is 11.1 Å². The molecule has 1 aliphatic heterocycles. The summed E-state index contributed by atoms with van der Waals surface area (Å²) in [5.41, 5.74) is 4.10. The lowest BCUT2D eigenvalue weighted by atomic mass is 10.1. The Labute approximate surface area is 220 Å². The van der Waals surface area contributed by atoms with Gasteiger partial charge in [-0.05, 0) is 44.2 Å². The Morgan fingerprint density at radius 1 is 1.16 bits per heavy atom. The molecule has 198 valence electrons. The SMILES string of the molecule is CCCSc1nc(NC2Cc3ccccc3C2)c2nnn([C@@H]3C[C@H](OCCO)[C@H]4OC(C)(C)O[C@H]43)c2n1. The second kappa shape index (κ2) is 10.1. The number of hydrogen-bond acceptors (Lipinski definition) is 10. The molecule has 37 heavy (non-hydrogen) atoms. The first-order valence-corrected chi connectivity index (χ1v) is 14.1. The maximum Gasteiger partial charge on any atom is 0.191 e. The Bertz CT molecular complexity index is 1240. The number of aromatic nitrogens is 5. The van der Waals surface area contributed by atoms with E-state index in [1.807, 2.05) is 18.5 Å². The predicted molar refractivity (Wildman–Crippen MR) is 140 cm³/mol. The Kier molecular flexibility index (Phi) is 6.83. The third-order valence-corrected chi connectivity index (χ3v) is 8.30. The van der Waals surface area contributed by atoms with E-state index < -0.39 is 5.79 Å². The second-order valence-corrected chi connectivity index (χ2v) is 11.5. The number of aliphatic hydroxyl groups is 1. The number of aliphatic hydroxyl groups excluding tert-OH is 1. The van der Waals surface area contributed by atoms with Gasteiger partial charge in [-0.1, -0.05) is 48.2 Å². The molecule has 2 fully saturated rings. The van der Waals surface area contributed by atoms with E-state index in [-0.39, 0.29) is 43.6 Å². The van der Waals surface area contributed by atoms with E-state index in [2.05, 4.69) is 46.8 Å². The smallest absolute Gasteiger partial charge is 0.191 e. The number of fused-ring (bicyclic) bond motifs is 3. The van der Waals surface area contributed by atoms with E-state index in [4.69, 9.17) is 24.2 Å². The van der Waals surface area contributed by atoms with Crippen molar-refractivity contribution >= 4 is 28.7 Å². The lowest BCUT2D eigenvalue weighted by Crippen LogP contribution is -2.31. The molecule has 10 nitrogen and oxygen atoms in total. The second-order valence-electron chi connectivity index (χ2n) is 10.4. The van der Waals surface area contributed by atoms with Crippen molar-refractivity contribution in [2.75, 3.05) is 24.3 Å². The Hall–Kier alpha value is -2.31. The number of nitrogens with zero attached hydrogens (tertiary/aromatic N) is 5. The van der Waals surface area contributed by atoms with Gasteiger partial charge in [-0.15, -0.1) is 5.10 Å². The molecule has 0 unspecified atom stereocenters. The van der Waals surface area contributed by atoms with Crippen molar-refractivity contribution in [2.45, 2.75) is 87.8 Å². The number of rotatable bonds is 9. The molecule has 11 heteroatoms. The van der Waals surface area contributed by atoms with Crippen LogP contribution in [0.4, 0.5) is 5.82 Å². The van der Waals surface area contributed by atoms with Gasteiger partial charge in [0.1, 0.15) is 12.2 Å². The number of ether oxygens (including phenoxy) is 3. The third-order valence-electron chi connectivity index (χ3n) is 7.25. The fraction of sp³-hybridized carbons (Fsp3) is 0.615. The van der Waals surface area contributed by atoms with Crippen LogP contribution in [-0.4, -0.2) is 79.2 Å². The average Bonchev–Trinajstić information content (AvgIpc) is 3.62. The molecule has 3 aromatic rings.